The molecule has 0 spiro atoms. The molecule has 0 heterocycles. The molecular formula is C26H33F4N. The molecule has 170 valence electrons. The van der Waals surface area contributed by atoms with Crippen LogP contribution in [0.25, 0.3) is 0 Å². The molecule has 2 aliphatic carbocycles. The third-order valence-corrected chi connectivity index (χ3v) is 7.47. The lowest BCUT2D eigenvalue weighted by Crippen LogP contribution is -2.25. The van der Waals surface area contributed by atoms with Gasteiger partial charge in [-0.2, -0.15) is 22.8 Å². The van der Waals surface area contributed by atoms with E-state index < -0.39 is 17.6 Å². The summed E-state index contributed by atoms with van der Waals surface area (Å²) < 4.78 is 51.0. The highest BCUT2D eigenvalue weighted by atomic mass is 19.4. The van der Waals surface area contributed by atoms with E-state index in [0.717, 1.165) is 68.3 Å². The maximum absolute atomic E-state index is 13.2. The second-order valence-electron chi connectivity index (χ2n) is 9.52. The minimum absolute atomic E-state index is 0.233. The smallest absolute Gasteiger partial charge is 0.195 e. The largest absolute Gasteiger partial charge is 0.416 e. The van der Waals surface area contributed by atoms with Crippen LogP contribution in [0.15, 0.2) is 36.2 Å². The Kier molecular flexibility index (Phi) is 8.58. The van der Waals surface area contributed by atoms with Crippen molar-refractivity contribution in [2.45, 2.75) is 83.2 Å². The minimum atomic E-state index is -4.26. The van der Waals surface area contributed by atoms with Gasteiger partial charge in [0, 0.05) is 0 Å². The molecule has 2 saturated carbocycles. The number of rotatable bonds is 7. The number of hydrogen-bond acceptors (Lipinski definition) is 1. The molecule has 1 nitrogen and oxygen atoms in total. The summed E-state index contributed by atoms with van der Waals surface area (Å²) in [5.41, 5.74) is 0.407. The van der Waals surface area contributed by atoms with E-state index in [1.165, 1.54) is 50.3 Å². The first kappa shape index (κ1) is 23.8. The van der Waals surface area contributed by atoms with Crippen LogP contribution in [0, 0.1) is 35.0 Å². The highest BCUT2D eigenvalue weighted by molar-refractivity contribution is 5.24. The van der Waals surface area contributed by atoms with Crippen LogP contribution in [-0.2, 0) is 12.6 Å². The van der Waals surface area contributed by atoms with Crippen molar-refractivity contribution in [3.05, 3.63) is 47.3 Å². The molecule has 2 fully saturated rings. The Morgan fingerprint density at radius 2 is 1.48 bits per heavy atom. The van der Waals surface area contributed by atoms with Crippen molar-refractivity contribution >= 4 is 0 Å². The fourth-order valence-corrected chi connectivity index (χ4v) is 5.60. The van der Waals surface area contributed by atoms with Crippen molar-refractivity contribution in [2.75, 3.05) is 0 Å². The zero-order valence-corrected chi connectivity index (χ0v) is 18.1. The highest BCUT2D eigenvalue weighted by Gasteiger charge is 2.31. The number of unbranched alkanes of at least 4 members (excludes halogenated alkanes) is 1. The molecular weight excluding hydrogens is 402 g/mol. The number of allylic oxidation sites excluding steroid dienone is 2. The van der Waals surface area contributed by atoms with Crippen LogP contribution in [0.1, 0.15) is 81.8 Å². The third kappa shape index (κ3) is 7.37. The standard InChI is InChI=1S/C26H33F4N/c27-25(18-31)17-21-7-13-23(14-8-21)22-11-5-19(6-12-22)3-1-2-4-20-9-15-24(16-10-20)26(28,29)30/h9-10,15-17,19,21-23H,1-8,11-14H2/b25-17-. The lowest BCUT2D eigenvalue weighted by Gasteiger charge is -2.37. The number of aryl methyl sites for hydroxylation is 1. The number of nitrogens with zero attached hydrogens (tertiary/aromatic N) is 1. The summed E-state index contributed by atoms with van der Waals surface area (Å²) >= 11 is 0. The van der Waals surface area contributed by atoms with Gasteiger partial charge < -0.3 is 0 Å². The first-order valence-electron chi connectivity index (χ1n) is 11.8. The number of hydrogen-bond donors (Lipinski definition) is 0. The minimum Gasteiger partial charge on any atom is -0.195 e. The molecule has 1 aromatic carbocycles. The number of alkyl halides is 3. The molecule has 0 atom stereocenters. The van der Waals surface area contributed by atoms with Gasteiger partial charge >= 0.3 is 6.18 Å². The van der Waals surface area contributed by atoms with E-state index in [9.17, 15) is 17.6 Å². The van der Waals surface area contributed by atoms with Crippen LogP contribution in [0.5, 0.6) is 0 Å². The van der Waals surface area contributed by atoms with Gasteiger partial charge in [-0.1, -0.05) is 37.8 Å². The molecule has 1 aromatic rings. The molecule has 0 amide bonds. The van der Waals surface area contributed by atoms with Gasteiger partial charge in [-0.25, -0.2) is 0 Å². The van der Waals surface area contributed by atoms with Crippen LogP contribution >= 0.6 is 0 Å². The normalized spacial score (nSPS) is 27.6. The first-order chi connectivity index (χ1) is 14.8. The summed E-state index contributed by atoms with van der Waals surface area (Å²) in [7, 11) is 0. The second kappa shape index (κ2) is 11.2. The zero-order chi connectivity index (χ0) is 22.3. The van der Waals surface area contributed by atoms with E-state index in [-0.39, 0.29) is 5.92 Å². The van der Waals surface area contributed by atoms with Crippen LogP contribution in [0.2, 0.25) is 0 Å². The quantitative estimate of drug-likeness (QED) is 0.240. The Morgan fingerprint density at radius 3 is 2.03 bits per heavy atom. The Morgan fingerprint density at radius 1 is 0.903 bits per heavy atom. The monoisotopic (exact) mass is 435 g/mol. The molecule has 5 heteroatoms. The van der Waals surface area contributed by atoms with Gasteiger partial charge in [-0.15, -0.1) is 0 Å². The van der Waals surface area contributed by atoms with Crippen molar-refractivity contribution in [1.29, 1.82) is 5.26 Å². The average molecular weight is 436 g/mol. The molecule has 0 aromatic heterocycles. The Hall–Kier alpha value is -1.83. The fraction of sp³-hybridized carbons (Fsp3) is 0.654. The molecule has 0 unspecified atom stereocenters. The third-order valence-electron chi connectivity index (χ3n) is 7.47. The van der Waals surface area contributed by atoms with Gasteiger partial charge in [0.05, 0.1) is 5.56 Å². The van der Waals surface area contributed by atoms with Gasteiger partial charge in [0.15, 0.2) is 5.83 Å². The van der Waals surface area contributed by atoms with Crippen LogP contribution in [-0.4, -0.2) is 0 Å². The molecule has 0 bridgehead atoms. The Bertz CT molecular complexity index is 743. The lowest BCUT2D eigenvalue weighted by atomic mass is 9.68. The summed E-state index contributed by atoms with van der Waals surface area (Å²) in [4.78, 5) is 0. The summed E-state index contributed by atoms with van der Waals surface area (Å²) in [5.74, 6) is 1.94. The van der Waals surface area contributed by atoms with E-state index in [1.54, 1.807) is 18.2 Å². The topological polar surface area (TPSA) is 23.8 Å². The van der Waals surface area contributed by atoms with Gasteiger partial charge in [0.2, 0.25) is 0 Å². The van der Waals surface area contributed by atoms with Gasteiger partial charge in [-0.05, 0) is 98.8 Å². The maximum atomic E-state index is 13.2. The summed E-state index contributed by atoms with van der Waals surface area (Å²) in [5, 5.41) is 8.59. The van der Waals surface area contributed by atoms with Crippen molar-refractivity contribution in [1.82, 2.24) is 0 Å². The van der Waals surface area contributed by atoms with Crippen molar-refractivity contribution < 1.29 is 17.6 Å². The molecule has 0 radical (unpaired) electrons. The Balaban J connectivity index is 1.30. The predicted molar refractivity (Wildman–Crippen MR) is 115 cm³/mol. The van der Waals surface area contributed by atoms with Gasteiger partial charge in [-0.3, -0.25) is 0 Å². The summed E-state index contributed by atoms with van der Waals surface area (Å²) in [6.45, 7) is 0. The van der Waals surface area contributed by atoms with E-state index >= 15 is 0 Å². The number of halogens is 4. The molecule has 2 aliphatic rings. The highest BCUT2D eigenvalue weighted by Crippen LogP contribution is 2.42. The number of benzene rings is 1. The molecule has 0 N–H and O–H groups in total. The van der Waals surface area contributed by atoms with E-state index in [0.29, 0.717) is 0 Å². The molecule has 0 saturated heterocycles. The van der Waals surface area contributed by atoms with Crippen LogP contribution in [0.3, 0.4) is 0 Å². The molecule has 31 heavy (non-hydrogen) atoms. The fourth-order valence-electron chi connectivity index (χ4n) is 5.60. The Labute approximate surface area is 183 Å². The summed E-state index contributed by atoms with van der Waals surface area (Å²) in [6, 6.07) is 7.15. The van der Waals surface area contributed by atoms with Crippen molar-refractivity contribution in [3.63, 3.8) is 0 Å². The number of nitriles is 1. The maximum Gasteiger partial charge on any atom is 0.416 e. The lowest BCUT2D eigenvalue weighted by molar-refractivity contribution is -0.137. The average Bonchev–Trinajstić information content (AvgIpc) is 2.77. The van der Waals surface area contributed by atoms with E-state index in [1.807, 2.05) is 0 Å². The molecule has 3 rings (SSSR count). The van der Waals surface area contributed by atoms with Crippen molar-refractivity contribution in [2.24, 2.45) is 23.7 Å². The van der Waals surface area contributed by atoms with E-state index in [4.69, 9.17) is 5.26 Å². The summed E-state index contributed by atoms with van der Waals surface area (Å²) in [6.07, 6.45) is 11.0. The molecule has 0 aliphatic heterocycles. The zero-order valence-electron chi connectivity index (χ0n) is 18.1. The first-order valence-corrected chi connectivity index (χ1v) is 11.8. The van der Waals surface area contributed by atoms with Crippen LogP contribution in [0.4, 0.5) is 17.6 Å². The van der Waals surface area contributed by atoms with Gasteiger partial charge in [0.25, 0.3) is 0 Å². The van der Waals surface area contributed by atoms with Crippen molar-refractivity contribution in [3.8, 4) is 6.07 Å². The predicted octanol–water partition coefficient (Wildman–Crippen LogP) is 8.41. The van der Waals surface area contributed by atoms with Gasteiger partial charge in [0.1, 0.15) is 6.07 Å². The van der Waals surface area contributed by atoms with E-state index in [2.05, 4.69) is 0 Å². The van der Waals surface area contributed by atoms with Crippen LogP contribution < -0.4 is 0 Å². The second-order valence-corrected chi connectivity index (χ2v) is 9.52. The SMILES string of the molecule is N#C/C(F)=C/C1CCC(C2CCC(CCCCc3ccc(C(F)(F)F)cc3)CC2)CC1.